The first-order valence-corrected chi connectivity index (χ1v) is 14.1. The van der Waals surface area contributed by atoms with Gasteiger partial charge in [-0.15, -0.1) is 11.3 Å². The smallest absolute Gasteiger partial charge is 0.236 e. The van der Waals surface area contributed by atoms with Crippen LogP contribution in [0.2, 0.25) is 0 Å². The predicted molar refractivity (Wildman–Crippen MR) is 167 cm³/mol. The van der Waals surface area contributed by atoms with Crippen molar-refractivity contribution in [2.45, 2.75) is 33.0 Å². The van der Waals surface area contributed by atoms with Crippen molar-refractivity contribution in [2.75, 3.05) is 25.1 Å². The van der Waals surface area contributed by atoms with Gasteiger partial charge in [-0.2, -0.15) is 5.26 Å². The second-order valence-electron chi connectivity index (χ2n) is 10.1. The number of aliphatic hydroxyl groups excluding tert-OH is 1. The molecule has 0 saturated carbocycles. The molecule has 4 rings (SSSR count). The summed E-state index contributed by atoms with van der Waals surface area (Å²) in [7, 11) is 1.94. The molecule has 1 aliphatic heterocycles. The van der Waals surface area contributed by atoms with E-state index in [1.165, 1.54) is 0 Å². The summed E-state index contributed by atoms with van der Waals surface area (Å²) in [6.45, 7) is 14.2. The summed E-state index contributed by atoms with van der Waals surface area (Å²) in [5, 5.41) is 18.7. The summed E-state index contributed by atoms with van der Waals surface area (Å²) in [4.78, 5) is 7.77. The van der Waals surface area contributed by atoms with E-state index in [9.17, 15) is 10.4 Å². The maximum Gasteiger partial charge on any atom is 0.236 e. The maximum absolute atomic E-state index is 9.36. The van der Waals surface area contributed by atoms with Crippen LogP contribution in [0.3, 0.4) is 0 Å². The number of ether oxygens (including phenoxy) is 2. The van der Waals surface area contributed by atoms with Crippen LogP contribution in [0.1, 0.15) is 41.7 Å². The van der Waals surface area contributed by atoms with Gasteiger partial charge in [-0.1, -0.05) is 36.4 Å². The van der Waals surface area contributed by atoms with Gasteiger partial charge in [0.15, 0.2) is 0 Å². The van der Waals surface area contributed by atoms with Crippen molar-refractivity contribution < 1.29 is 14.6 Å². The third kappa shape index (κ3) is 7.15. The van der Waals surface area contributed by atoms with E-state index >= 15 is 0 Å². The Morgan fingerprint density at radius 3 is 2.46 bits per heavy atom. The average Bonchev–Trinajstić information content (AvgIpc) is 3.54. The molecule has 0 unspecified atom stereocenters. The van der Waals surface area contributed by atoms with Crippen molar-refractivity contribution in [3.05, 3.63) is 122 Å². The van der Waals surface area contributed by atoms with E-state index in [4.69, 9.17) is 16.0 Å². The molecule has 1 N–H and O–H groups in total. The highest BCUT2D eigenvalue weighted by molar-refractivity contribution is 7.13. The number of allylic oxidation sites excluding steroid dienone is 1. The number of rotatable bonds is 10. The number of nitriles is 1. The fraction of sp³-hybridized carbons (Fsp3) is 0.235. The van der Waals surface area contributed by atoms with Crippen LogP contribution < -0.4 is 9.64 Å². The van der Waals surface area contributed by atoms with Crippen LogP contribution in [-0.2, 0) is 11.3 Å². The van der Waals surface area contributed by atoms with Crippen LogP contribution in [0.5, 0.6) is 5.75 Å². The van der Waals surface area contributed by atoms with Gasteiger partial charge in [-0.3, -0.25) is 0 Å². The minimum absolute atomic E-state index is 0.0753. The first kappa shape index (κ1) is 29.4. The van der Waals surface area contributed by atoms with Crippen LogP contribution in [0.25, 0.3) is 23.1 Å². The lowest BCUT2D eigenvalue weighted by Crippen LogP contribution is -2.21. The van der Waals surface area contributed by atoms with Crippen molar-refractivity contribution in [1.29, 1.82) is 5.26 Å². The number of likely N-dealkylation sites (N-methyl/N-ethyl adjacent to an activating group) is 1. The van der Waals surface area contributed by atoms with Crippen LogP contribution in [0.4, 0.5) is 5.69 Å². The number of hydrogen-bond acceptors (Lipinski definition) is 6. The van der Waals surface area contributed by atoms with E-state index in [2.05, 4.69) is 23.1 Å². The van der Waals surface area contributed by atoms with Crippen molar-refractivity contribution in [3.63, 3.8) is 0 Å². The second kappa shape index (κ2) is 13.2. The Hall–Kier alpha value is -4.56. The van der Waals surface area contributed by atoms with Gasteiger partial charge >= 0.3 is 0 Å². The van der Waals surface area contributed by atoms with Crippen LogP contribution in [0.15, 0.2) is 89.3 Å². The highest BCUT2D eigenvalue weighted by Gasteiger charge is 2.37. The lowest BCUT2D eigenvalue weighted by Gasteiger charge is -2.21. The zero-order valence-corrected chi connectivity index (χ0v) is 24.5. The highest BCUT2D eigenvalue weighted by Crippen LogP contribution is 2.41. The monoisotopic (exact) mass is 563 g/mol. The lowest BCUT2D eigenvalue weighted by molar-refractivity contribution is 0.0948. The quantitative estimate of drug-likeness (QED) is 0.202. The van der Waals surface area contributed by atoms with E-state index in [1.54, 1.807) is 18.3 Å². The molecule has 7 heteroatoms. The van der Waals surface area contributed by atoms with Gasteiger partial charge in [-0.05, 0) is 68.8 Å². The zero-order chi connectivity index (χ0) is 29.4. The van der Waals surface area contributed by atoms with Gasteiger partial charge in [0.25, 0.3) is 0 Å². The van der Waals surface area contributed by atoms with Crippen molar-refractivity contribution in [3.8, 4) is 11.8 Å². The third-order valence-corrected chi connectivity index (χ3v) is 7.71. The molecule has 3 aromatic rings. The molecule has 41 heavy (non-hydrogen) atoms. The van der Waals surface area contributed by atoms with Gasteiger partial charge in [0.2, 0.25) is 5.70 Å². The molecule has 0 bridgehead atoms. The molecule has 208 valence electrons. The lowest BCUT2D eigenvalue weighted by atomic mass is 9.97. The van der Waals surface area contributed by atoms with E-state index < -0.39 is 5.60 Å². The maximum atomic E-state index is 9.36. The summed E-state index contributed by atoms with van der Waals surface area (Å²) in [6, 6.07) is 22.3. The van der Waals surface area contributed by atoms with Crippen LogP contribution in [-0.4, -0.2) is 30.9 Å². The molecule has 0 radical (unpaired) electrons. The Bertz CT molecular complexity index is 1600. The van der Waals surface area contributed by atoms with E-state index in [0.29, 0.717) is 30.2 Å². The Balaban J connectivity index is 1.56. The minimum atomic E-state index is -0.697. The normalized spacial score (nSPS) is 15.6. The molecular formula is C34H33N3O3S. The van der Waals surface area contributed by atoms with Crippen LogP contribution >= 0.6 is 11.3 Å². The molecule has 2 heterocycles. The third-order valence-electron chi connectivity index (χ3n) is 6.70. The molecule has 1 aromatic heterocycles. The standard InChI is InChI=1S/C34H33N3O3S/c1-24(22-35)33-32(36-4)30(34(2,3)40-33)18-17-29-16-15-28(41-29)14-12-26-11-13-27(37(5)19-20-38)21-31(26)39-23-25-9-7-6-8-10-25/h6-18,21,38H,19-20,23H2,1-3,5H3/b14-12+,18-17+,33-24+. The summed E-state index contributed by atoms with van der Waals surface area (Å²) in [5.74, 6) is 1.13. The van der Waals surface area contributed by atoms with Crippen molar-refractivity contribution in [2.24, 2.45) is 0 Å². The van der Waals surface area contributed by atoms with Gasteiger partial charge in [0, 0.05) is 46.2 Å². The van der Waals surface area contributed by atoms with Gasteiger partial charge in [-0.25, -0.2) is 4.85 Å². The number of anilines is 1. The molecule has 1 aliphatic rings. The second-order valence-corrected chi connectivity index (χ2v) is 11.2. The SMILES string of the molecule is [C-]#[N+]C1=C(/C=C/c2ccc(/C=C/c3ccc(N(C)CCO)cc3OCc3ccccc3)s2)C(C)(C)O/C1=C(\C)C#N. The predicted octanol–water partition coefficient (Wildman–Crippen LogP) is 7.72. The Morgan fingerprint density at radius 1 is 1.10 bits per heavy atom. The zero-order valence-electron chi connectivity index (χ0n) is 23.7. The van der Waals surface area contributed by atoms with E-state index in [-0.39, 0.29) is 6.61 Å². The number of thiophene rings is 1. The fourth-order valence-electron chi connectivity index (χ4n) is 4.38. The van der Waals surface area contributed by atoms with Gasteiger partial charge in [0.05, 0.1) is 24.8 Å². The molecule has 0 atom stereocenters. The highest BCUT2D eigenvalue weighted by atomic mass is 32.1. The number of benzene rings is 2. The summed E-state index contributed by atoms with van der Waals surface area (Å²) in [5.41, 5.74) is 3.86. The Labute approximate surface area is 246 Å². The summed E-state index contributed by atoms with van der Waals surface area (Å²) in [6.07, 6.45) is 8.01. The molecule has 0 saturated heterocycles. The van der Waals surface area contributed by atoms with E-state index in [0.717, 1.165) is 37.9 Å². The fourth-order valence-corrected chi connectivity index (χ4v) is 5.20. The topological polar surface area (TPSA) is 70.1 Å². The minimum Gasteiger partial charge on any atom is -0.494 e. The average molecular weight is 564 g/mol. The van der Waals surface area contributed by atoms with Gasteiger partial charge in [0.1, 0.15) is 23.7 Å². The molecular weight excluding hydrogens is 530 g/mol. The Morgan fingerprint density at radius 2 is 1.80 bits per heavy atom. The molecule has 0 fully saturated rings. The summed E-state index contributed by atoms with van der Waals surface area (Å²) >= 11 is 1.63. The molecule has 0 spiro atoms. The van der Waals surface area contributed by atoms with Gasteiger partial charge < -0.3 is 19.5 Å². The molecule has 6 nitrogen and oxygen atoms in total. The number of hydrogen-bond donors (Lipinski definition) is 1. The van der Waals surface area contributed by atoms with E-state index in [1.807, 2.05) is 98.6 Å². The Kier molecular flexibility index (Phi) is 9.47. The molecule has 0 amide bonds. The number of aliphatic hydroxyl groups is 1. The van der Waals surface area contributed by atoms with Crippen molar-refractivity contribution >= 4 is 35.3 Å². The number of nitrogens with zero attached hydrogens (tertiary/aromatic N) is 3. The molecule has 2 aromatic carbocycles. The first-order chi connectivity index (χ1) is 19.7. The van der Waals surface area contributed by atoms with Crippen molar-refractivity contribution in [1.82, 2.24) is 0 Å². The molecule has 0 aliphatic carbocycles. The van der Waals surface area contributed by atoms with Crippen LogP contribution in [0, 0.1) is 17.9 Å². The first-order valence-electron chi connectivity index (χ1n) is 13.3. The largest absolute Gasteiger partial charge is 0.494 e. The summed E-state index contributed by atoms with van der Waals surface area (Å²) < 4.78 is 12.2.